The van der Waals surface area contributed by atoms with Crippen LogP contribution in [0.3, 0.4) is 0 Å². The van der Waals surface area contributed by atoms with E-state index in [4.69, 9.17) is 9.15 Å². The van der Waals surface area contributed by atoms with Crippen molar-refractivity contribution in [2.24, 2.45) is 5.92 Å². The third-order valence-electron chi connectivity index (χ3n) is 4.51. The molecule has 1 aliphatic rings. The number of furan rings is 1. The lowest BCUT2D eigenvalue weighted by Crippen LogP contribution is -2.41. The van der Waals surface area contributed by atoms with E-state index in [0.717, 1.165) is 12.8 Å². The molecule has 1 atom stereocenters. The van der Waals surface area contributed by atoms with Crippen molar-refractivity contribution in [2.45, 2.75) is 19.8 Å². The number of nitro benzene ring substituents is 1. The SMILES string of the molecule is C[C@@H]1CCCN(C(=O)COC(=O)c2ccc(-c3ccc([N+](=O)[O-])cc3)o2)C1. The Morgan fingerprint density at radius 3 is 2.67 bits per heavy atom. The number of benzene rings is 1. The summed E-state index contributed by atoms with van der Waals surface area (Å²) < 4.78 is 10.5. The maximum Gasteiger partial charge on any atom is 0.374 e. The molecular formula is C19H20N2O6. The van der Waals surface area contributed by atoms with E-state index < -0.39 is 10.9 Å². The van der Waals surface area contributed by atoms with Crippen molar-refractivity contribution in [3.05, 3.63) is 52.3 Å². The zero-order valence-corrected chi connectivity index (χ0v) is 14.9. The lowest BCUT2D eigenvalue weighted by atomic mass is 10.0. The molecular weight excluding hydrogens is 352 g/mol. The van der Waals surface area contributed by atoms with Gasteiger partial charge in [0, 0.05) is 30.8 Å². The van der Waals surface area contributed by atoms with Gasteiger partial charge in [0.15, 0.2) is 6.61 Å². The Morgan fingerprint density at radius 1 is 1.26 bits per heavy atom. The van der Waals surface area contributed by atoms with Crippen LogP contribution >= 0.6 is 0 Å². The Balaban J connectivity index is 1.58. The molecule has 0 aliphatic carbocycles. The minimum Gasteiger partial charge on any atom is -0.450 e. The van der Waals surface area contributed by atoms with Gasteiger partial charge in [0.1, 0.15) is 5.76 Å². The molecule has 1 aromatic carbocycles. The predicted molar refractivity (Wildman–Crippen MR) is 96.1 cm³/mol. The molecule has 27 heavy (non-hydrogen) atoms. The monoisotopic (exact) mass is 372 g/mol. The summed E-state index contributed by atoms with van der Waals surface area (Å²) in [5.41, 5.74) is 0.563. The molecule has 1 amide bonds. The van der Waals surface area contributed by atoms with Gasteiger partial charge in [0.2, 0.25) is 5.76 Å². The lowest BCUT2D eigenvalue weighted by Gasteiger charge is -2.30. The summed E-state index contributed by atoms with van der Waals surface area (Å²) in [7, 11) is 0. The molecule has 2 heterocycles. The summed E-state index contributed by atoms with van der Waals surface area (Å²) in [4.78, 5) is 36.2. The number of rotatable bonds is 5. The van der Waals surface area contributed by atoms with Gasteiger partial charge in [-0.3, -0.25) is 14.9 Å². The van der Waals surface area contributed by atoms with Gasteiger partial charge in [0.05, 0.1) is 4.92 Å². The minimum atomic E-state index is -0.721. The van der Waals surface area contributed by atoms with Crippen molar-refractivity contribution in [2.75, 3.05) is 19.7 Å². The molecule has 8 heteroatoms. The number of hydrogen-bond acceptors (Lipinski definition) is 6. The maximum atomic E-state index is 12.2. The molecule has 1 saturated heterocycles. The molecule has 142 valence electrons. The van der Waals surface area contributed by atoms with Crippen molar-refractivity contribution in [3.8, 4) is 11.3 Å². The number of carbonyl (C=O) groups is 2. The first kappa shape index (κ1) is 18.6. The zero-order chi connectivity index (χ0) is 19.4. The molecule has 8 nitrogen and oxygen atoms in total. The number of hydrogen-bond donors (Lipinski definition) is 0. The van der Waals surface area contributed by atoms with Crippen molar-refractivity contribution < 1.29 is 23.7 Å². The zero-order valence-electron chi connectivity index (χ0n) is 14.9. The first-order valence-electron chi connectivity index (χ1n) is 8.73. The average Bonchev–Trinajstić information content (AvgIpc) is 3.16. The molecule has 0 unspecified atom stereocenters. The predicted octanol–water partition coefficient (Wildman–Crippen LogP) is 3.27. The van der Waals surface area contributed by atoms with Gasteiger partial charge in [-0.15, -0.1) is 0 Å². The van der Waals surface area contributed by atoms with E-state index in [-0.39, 0.29) is 24.0 Å². The van der Waals surface area contributed by atoms with Crippen molar-refractivity contribution in [1.29, 1.82) is 0 Å². The molecule has 2 aromatic rings. The second-order valence-corrected chi connectivity index (χ2v) is 6.63. The van der Waals surface area contributed by atoms with Crippen LogP contribution in [0.15, 0.2) is 40.8 Å². The summed E-state index contributed by atoms with van der Waals surface area (Å²) >= 11 is 0. The van der Waals surface area contributed by atoms with Crippen LogP contribution in [0.2, 0.25) is 0 Å². The van der Waals surface area contributed by atoms with E-state index in [0.29, 0.717) is 30.3 Å². The molecule has 1 fully saturated rings. The van der Waals surface area contributed by atoms with E-state index in [1.165, 1.54) is 30.3 Å². The van der Waals surface area contributed by atoms with Crippen LogP contribution in [-0.4, -0.2) is 41.4 Å². The fraction of sp³-hybridized carbons (Fsp3) is 0.368. The highest BCUT2D eigenvalue weighted by Crippen LogP contribution is 2.25. The fourth-order valence-corrected chi connectivity index (χ4v) is 3.06. The normalized spacial score (nSPS) is 16.8. The Kier molecular flexibility index (Phi) is 5.54. The second kappa shape index (κ2) is 8.03. The number of non-ortho nitro benzene ring substituents is 1. The molecule has 0 radical (unpaired) electrons. The van der Waals surface area contributed by atoms with Crippen molar-refractivity contribution >= 4 is 17.6 Å². The van der Waals surface area contributed by atoms with Gasteiger partial charge >= 0.3 is 5.97 Å². The molecule has 3 rings (SSSR count). The van der Waals surface area contributed by atoms with E-state index >= 15 is 0 Å². The summed E-state index contributed by atoms with van der Waals surface area (Å²) in [6.45, 7) is 3.14. The third kappa shape index (κ3) is 4.52. The Morgan fingerprint density at radius 2 is 2.00 bits per heavy atom. The number of nitro groups is 1. The summed E-state index contributed by atoms with van der Waals surface area (Å²) in [6, 6.07) is 8.81. The molecule has 1 aliphatic heterocycles. The second-order valence-electron chi connectivity index (χ2n) is 6.63. The Labute approximate surface area is 155 Å². The highest BCUT2D eigenvalue weighted by atomic mass is 16.6. The number of ether oxygens (including phenoxy) is 1. The number of esters is 1. The van der Waals surface area contributed by atoms with Crippen molar-refractivity contribution in [3.63, 3.8) is 0 Å². The standard InChI is InChI=1S/C19H20N2O6/c1-13-3-2-10-20(11-13)18(22)12-26-19(23)17-9-8-16(27-17)14-4-6-15(7-5-14)21(24)25/h4-9,13H,2-3,10-12H2,1H3/t13-/m1/s1. The molecule has 0 saturated carbocycles. The summed E-state index contributed by atoms with van der Waals surface area (Å²) in [5, 5.41) is 10.7. The number of amides is 1. The molecule has 0 spiro atoms. The van der Waals surface area contributed by atoms with Crippen LogP contribution in [0.4, 0.5) is 5.69 Å². The lowest BCUT2D eigenvalue weighted by molar-refractivity contribution is -0.384. The Hall–Kier alpha value is -3.16. The maximum absolute atomic E-state index is 12.2. The van der Waals surface area contributed by atoms with Crippen molar-refractivity contribution in [1.82, 2.24) is 4.90 Å². The summed E-state index contributed by atoms with van der Waals surface area (Å²) in [6.07, 6.45) is 2.05. The van der Waals surface area contributed by atoms with Crippen LogP contribution in [0.25, 0.3) is 11.3 Å². The van der Waals surface area contributed by atoms with Gasteiger partial charge in [-0.2, -0.15) is 0 Å². The van der Waals surface area contributed by atoms with Crippen LogP contribution in [0, 0.1) is 16.0 Å². The largest absolute Gasteiger partial charge is 0.450 e. The number of piperidine rings is 1. The van der Waals surface area contributed by atoms with Crippen LogP contribution in [0.5, 0.6) is 0 Å². The number of likely N-dealkylation sites (tertiary alicyclic amines) is 1. The average molecular weight is 372 g/mol. The minimum absolute atomic E-state index is 0.0248. The highest BCUT2D eigenvalue weighted by molar-refractivity contribution is 5.89. The smallest absolute Gasteiger partial charge is 0.374 e. The van der Waals surface area contributed by atoms with Gasteiger partial charge in [-0.05, 0) is 43.0 Å². The van der Waals surface area contributed by atoms with E-state index in [1.54, 1.807) is 11.0 Å². The van der Waals surface area contributed by atoms with Gasteiger partial charge < -0.3 is 14.1 Å². The first-order valence-corrected chi connectivity index (χ1v) is 8.73. The summed E-state index contributed by atoms with van der Waals surface area (Å²) in [5.74, 6) is -0.123. The van der Waals surface area contributed by atoms with Crippen LogP contribution in [-0.2, 0) is 9.53 Å². The van der Waals surface area contributed by atoms with E-state index in [2.05, 4.69) is 6.92 Å². The molecule has 0 N–H and O–H groups in total. The first-order chi connectivity index (χ1) is 12.9. The topological polar surface area (TPSA) is 103 Å². The van der Waals surface area contributed by atoms with Gasteiger partial charge in [-0.1, -0.05) is 6.92 Å². The number of nitrogens with zero attached hydrogens (tertiary/aromatic N) is 2. The van der Waals surface area contributed by atoms with Gasteiger partial charge in [-0.25, -0.2) is 4.79 Å². The highest BCUT2D eigenvalue weighted by Gasteiger charge is 2.23. The van der Waals surface area contributed by atoms with Crippen LogP contribution < -0.4 is 0 Å². The fourth-order valence-electron chi connectivity index (χ4n) is 3.06. The molecule has 1 aromatic heterocycles. The van der Waals surface area contributed by atoms with E-state index in [9.17, 15) is 19.7 Å². The van der Waals surface area contributed by atoms with Gasteiger partial charge in [0.25, 0.3) is 11.6 Å². The third-order valence-corrected chi connectivity index (χ3v) is 4.51. The molecule has 0 bridgehead atoms. The Bertz CT molecular complexity index is 842. The van der Waals surface area contributed by atoms with E-state index in [1.807, 2.05) is 0 Å². The number of carbonyl (C=O) groups excluding carboxylic acids is 2. The quantitative estimate of drug-likeness (QED) is 0.453. The van der Waals surface area contributed by atoms with Crippen LogP contribution in [0.1, 0.15) is 30.3 Å².